The molecule has 3 rings (SSSR count). The van der Waals surface area contributed by atoms with E-state index in [1.165, 1.54) is 12.8 Å². The van der Waals surface area contributed by atoms with E-state index >= 15 is 0 Å². The zero-order chi connectivity index (χ0) is 14.7. The van der Waals surface area contributed by atoms with Crippen LogP contribution < -0.4 is 15.0 Å². The fourth-order valence-electron chi connectivity index (χ4n) is 2.30. The third-order valence-electron chi connectivity index (χ3n) is 3.44. The summed E-state index contributed by atoms with van der Waals surface area (Å²) < 4.78 is 5.07. The van der Waals surface area contributed by atoms with E-state index in [0.29, 0.717) is 17.7 Å². The molecule has 2 aromatic rings. The molecule has 110 valence electrons. The van der Waals surface area contributed by atoms with Gasteiger partial charge >= 0.3 is 0 Å². The van der Waals surface area contributed by atoms with Crippen LogP contribution in [0.3, 0.4) is 0 Å². The van der Waals surface area contributed by atoms with Crippen LogP contribution in [0.5, 0.6) is 5.88 Å². The Bertz CT molecular complexity index is 609. The first-order valence-corrected chi connectivity index (χ1v) is 6.99. The highest BCUT2D eigenvalue weighted by molar-refractivity contribution is 5.57. The summed E-state index contributed by atoms with van der Waals surface area (Å²) in [6.45, 7) is 1.99. The van der Waals surface area contributed by atoms with Crippen molar-refractivity contribution in [1.82, 2.24) is 19.9 Å². The molecule has 0 unspecified atom stereocenters. The Morgan fingerprint density at radius 3 is 2.57 bits per heavy atom. The Morgan fingerprint density at radius 2 is 1.95 bits per heavy atom. The number of hydrogen-bond acceptors (Lipinski definition) is 7. The van der Waals surface area contributed by atoms with Crippen molar-refractivity contribution in [1.29, 1.82) is 0 Å². The number of nitrogens with zero attached hydrogens (tertiary/aromatic N) is 5. The second-order valence-corrected chi connectivity index (χ2v) is 4.82. The number of methoxy groups -OCH3 is 1. The second kappa shape index (κ2) is 5.90. The van der Waals surface area contributed by atoms with Crippen molar-refractivity contribution in [2.75, 3.05) is 37.5 Å². The van der Waals surface area contributed by atoms with E-state index in [1.807, 2.05) is 6.07 Å². The summed E-state index contributed by atoms with van der Waals surface area (Å²) in [5.41, 5.74) is 0.843. The van der Waals surface area contributed by atoms with Gasteiger partial charge in [-0.2, -0.15) is 15.0 Å². The van der Waals surface area contributed by atoms with E-state index in [4.69, 9.17) is 4.74 Å². The largest absolute Gasteiger partial charge is 0.481 e. The van der Waals surface area contributed by atoms with Gasteiger partial charge < -0.3 is 15.0 Å². The molecule has 7 nitrogen and oxygen atoms in total. The van der Waals surface area contributed by atoms with E-state index in [0.717, 1.165) is 24.6 Å². The van der Waals surface area contributed by atoms with E-state index in [2.05, 4.69) is 30.2 Å². The molecule has 0 saturated carbocycles. The van der Waals surface area contributed by atoms with Crippen LogP contribution in [0.15, 0.2) is 18.3 Å². The van der Waals surface area contributed by atoms with Crippen molar-refractivity contribution < 1.29 is 4.74 Å². The van der Waals surface area contributed by atoms with Crippen LogP contribution in [0, 0.1) is 0 Å². The Kier molecular flexibility index (Phi) is 3.81. The lowest BCUT2D eigenvalue weighted by molar-refractivity contribution is 0.398. The molecule has 1 aliphatic heterocycles. The summed E-state index contributed by atoms with van der Waals surface area (Å²) >= 11 is 0. The number of ether oxygens (including phenoxy) is 1. The average molecular weight is 286 g/mol. The molecule has 2 aromatic heterocycles. The van der Waals surface area contributed by atoms with Crippen LogP contribution in [0.25, 0.3) is 11.4 Å². The lowest BCUT2D eigenvalue weighted by Crippen LogP contribution is -2.21. The molecule has 0 atom stereocenters. The van der Waals surface area contributed by atoms with Gasteiger partial charge in [0.1, 0.15) is 0 Å². The van der Waals surface area contributed by atoms with Crippen molar-refractivity contribution in [3.63, 3.8) is 0 Å². The highest BCUT2D eigenvalue weighted by Crippen LogP contribution is 2.22. The number of pyridine rings is 1. The number of nitrogens with one attached hydrogen (secondary N) is 1. The summed E-state index contributed by atoms with van der Waals surface area (Å²) in [5, 5.41) is 2.99. The van der Waals surface area contributed by atoms with Crippen molar-refractivity contribution in [3.05, 3.63) is 18.3 Å². The van der Waals surface area contributed by atoms with Crippen LogP contribution in [0.1, 0.15) is 12.8 Å². The lowest BCUT2D eigenvalue weighted by Gasteiger charge is -2.16. The monoisotopic (exact) mass is 286 g/mol. The molecule has 0 amide bonds. The van der Waals surface area contributed by atoms with Gasteiger partial charge in [0.2, 0.25) is 17.8 Å². The van der Waals surface area contributed by atoms with Crippen molar-refractivity contribution >= 4 is 11.9 Å². The van der Waals surface area contributed by atoms with Gasteiger partial charge in [-0.1, -0.05) is 0 Å². The van der Waals surface area contributed by atoms with Gasteiger partial charge in [-0.3, -0.25) is 0 Å². The summed E-state index contributed by atoms with van der Waals surface area (Å²) in [6, 6.07) is 3.70. The molecule has 0 aromatic carbocycles. The van der Waals surface area contributed by atoms with Crippen LogP contribution in [-0.2, 0) is 0 Å². The maximum atomic E-state index is 5.07. The standard InChI is InChI=1S/C14H18N6O/c1-15-13-17-12(10-5-6-11(21-2)16-9-10)18-14(19-13)20-7-3-4-8-20/h5-6,9H,3-4,7-8H2,1-2H3,(H,15,17,18,19). The van der Waals surface area contributed by atoms with Crippen LogP contribution in [-0.4, -0.2) is 47.2 Å². The minimum atomic E-state index is 0.567. The first-order chi connectivity index (χ1) is 10.3. The molecule has 1 fully saturated rings. The third-order valence-corrected chi connectivity index (χ3v) is 3.44. The molecule has 0 aliphatic carbocycles. The predicted octanol–water partition coefficient (Wildman–Crippen LogP) is 1.58. The van der Waals surface area contributed by atoms with Crippen LogP contribution in [0.2, 0.25) is 0 Å². The molecule has 1 aliphatic rings. The van der Waals surface area contributed by atoms with E-state index in [-0.39, 0.29) is 0 Å². The quantitative estimate of drug-likeness (QED) is 0.914. The molecular weight excluding hydrogens is 268 g/mol. The predicted molar refractivity (Wildman–Crippen MR) is 80.6 cm³/mol. The summed E-state index contributed by atoms with van der Waals surface area (Å²) in [5.74, 6) is 2.48. The highest BCUT2D eigenvalue weighted by atomic mass is 16.5. The maximum absolute atomic E-state index is 5.07. The van der Waals surface area contributed by atoms with Gasteiger partial charge in [0.15, 0.2) is 5.82 Å². The van der Waals surface area contributed by atoms with Gasteiger partial charge in [0.25, 0.3) is 0 Å². The molecule has 1 N–H and O–H groups in total. The smallest absolute Gasteiger partial charge is 0.230 e. The molecule has 21 heavy (non-hydrogen) atoms. The highest BCUT2D eigenvalue weighted by Gasteiger charge is 2.17. The zero-order valence-electron chi connectivity index (χ0n) is 12.2. The Balaban J connectivity index is 1.97. The Morgan fingerprint density at radius 1 is 1.14 bits per heavy atom. The fourth-order valence-corrected chi connectivity index (χ4v) is 2.30. The first-order valence-electron chi connectivity index (χ1n) is 6.99. The number of aromatic nitrogens is 4. The average Bonchev–Trinajstić information content (AvgIpc) is 3.09. The van der Waals surface area contributed by atoms with Crippen LogP contribution >= 0.6 is 0 Å². The van der Waals surface area contributed by atoms with Gasteiger partial charge in [-0.25, -0.2) is 4.98 Å². The molecule has 0 spiro atoms. The summed E-state index contributed by atoms with van der Waals surface area (Å²) in [4.78, 5) is 19.8. The van der Waals surface area contributed by atoms with Gasteiger partial charge in [0.05, 0.1) is 7.11 Å². The minimum Gasteiger partial charge on any atom is -0.481 e. The maximum Gasteiger partial charge on any atom is 0.230 e. The second-order valence-electron chi connectivity index (χ2n) is 4.82. The van der Waals surface area contributed by atoms with E-state index < -0.39 is 0 Å². The number of rotatable bonds is 4. The minimum absolute atomic E-state index is 0.567. The van der Waals surface area contributed by atoms with Gasteiger partial charge in [-0.15, -0.1) is 0 Å². The summed E-state index contributed by atoms with van der Waals surface area (Å²) in [6.07, 6.45) is 4.07. The number of anilines is 2. The summed E-state index contributed by atoms with van der Waals surface area (Å²) in [7, 11) is 3.40. The van der Waals surface area contributed by atoms with Crippen molar-refractivity contribution in [2.45, 2.75) is 12.8 Å². The lowest BCUT2D eigenvalue weighted by atomic mass is 10.2. The normalized spacial score (nSPS) is 14.3. The van der Waals surface area contributed by atoms with E-state index in [1.54, 1.807) is 26.4 Å². The molecular formula is C14H18N6O. The van der Waals surface area contributed by atoms with E-state index in [9.17, 15) is 0 Å². The molecule has 7 heteroatoms. The van der Waals surface area contributed by atoms with Gasteiger partial charge in [-0.05, 0) is 18.9 Å². The molecule has 1 saturated heterocycles. The van der Waals surface area contributed by atoms with Crippen molar-refractivity contribution in [2.24, 2.45) is 0 Å². The number of hydrogen-bond donors (Lipinski definition) is 1. The SMILES string of the molecule is CNc1nc(-c2ccc(OC)nc2)nc(N2CCCC2)n1. The van der Waals surface area contributed by atoms with Gasteiger partial charge in [0, 0.05) is 38.0 Å². The zero-order valence-corrected chi connectivity index (χ0v) is 12.2. The molecule has 0 radical (unpaired) electrons. The Labute approximate surface area is 123 Å². The van der Waals surface area contributed by atoms with Crippen molar-refractivity contribution in [3.8, 4) is 17.3 Å². The van der Waals surface area contributed by atoms with Crippen LogP contribution in [0.4, 0.5) is 11.9 Å². The molecule has 0 bridgehead atoms. The Hall–Kier alpha value is -2.44. The third kappa shape index (κ3) is 2.86. The molecule has 3 heterocycles. The fraction of sp³-hybridized carbons (Fsp3) is 0.429. The topological polar surface area (TPSA) is 76.1 Å². The first kappa shape index (κ1) is 13.5.